The van der Waals surface area contributed by atoms with Crippen LogP contribution < -0.4 is 25.3 Å². The second-order valence-corrected chi connectivity index (χ2v) is 25.6. The monoisotopic (exact) mass is 1170 g/mol. The van der Waals surface area contributed by atoms with Gasteiger partial charge in [0.1, 0.15) is 0 Å². The number of hydrogen-bond acceptors (Lipinski definition) is 2. The molecule has 0 unspecified atom stereocenters. The highest BCUT2D eigenvalue weighted by molar-refractivity contribution is 6.55. The molecule has 0 heterocycles. The molecule has 0 saturated carbocycles. The zero-order valence-electron chi connectivity index (χ0n) is 55.7. The molecule has 0 aromatic heterocycles. The van der Waals surface area contributed by atoms with Crippen molar-refractivity contribution in [3.63, 3.8) is 0 Å². The Balaban J connectivity index is 0. The Bertz CT molecular complexity index is 1250. The molecule has 0 saturated heterocycles. The predicted molar refractivity (Wildman–Crippen MR) is 346 cm³/mol. The second kappa shape index (κ2) is 67.3. The van der Waals surface area contributed by atoms with Crippen LogP contribution in [0.25, 0.3) is 0 Å². The van der Waals surface area contributed by atoms with E-state index in [9.17, 15) is 32.0 Å². The lowest BCUT2D eigenvalue weighted by Crippen LogP contribution is -3.09. The van der Waals surface area contributed by atoms with Gasteiger partial charge in [-0.05, 0) is 56.8 Å². The largest absolute Gasteiger partial charge is 0.889 e. The molecule has 2 N–H and O–H groups in total. The first-order valence-corrected chi connectivity index (χ1v) is 36.4. The summed E-state index contributed by atoms with van der Waals surface area (Å²) in [6.07, 6.45) is 82.1. The van der Waals surface area contributed by atoms with E-state index in [1.165, 1.54) is 386 Å². The highest BCUT2D eigenvalue weighted by atomic mass is 19.2. The van der Waals surface area contributed by atoms with Crippen molar-refractivity contribution in [1.29, 1.82) is 0 Å². The highest BCUT2D eigenvalue weighted by Crippen LogP contribution is 2.18. The summed E-state index contributed by atoms with van der Waals surface area (Å²) in [7, 11) is 1.58. The van der Waals surface area contributed by atoms with Gasteiger partial charge in [-0.1, -0.05) is 343 Å². The lowest BCUT2D eigenvalue weighted by atomic mass is 9.79. The third-order valence-electron chi connectivity index (χ3n) is 17.3. The summed E-state index contributed by atoms with van der Waals surface area (Å²) in [5.41, 5.74) is -1.89. The normalized spacial score (nSPS) is 11.5. The summed E-state index contributed by atoms with van der Waals surface area (Å²) in [4.78, 5) is 3.55. The Morgan fingerprint density at radius 1 is 0.220 bits per heavy atom. The number of rotatable bonds is 61. The molecule has 1 rings (SSSR count). The smallest absolute Gasteiger partial charge is 0.200 e. The van der Waals surface area contributed by atoms with Gasteiger partial charge < -0.3 is 19.8 Å². The fourth-order valence-corrected chi connectivity index (χ4v) is 11.6. The SMILES string of the molecule is CCCCCCCCCCCCCCCC[NH+](C)CCCCCCCCCCCCCCCC.CCCCCCCCCCCCCCCC[NH+](C)CCCCCCCCCCCCCCCC.[O-]B([O-])c1c(F)c(F)c(F)c(F)c1F. The first kappa shape index (κ1) is 82.8. The van der Waals surface area contributed by atoms with Crippen molar-refractivity contribution in [2.45, 2.75) is 387 Å². The number of unbranched alkanes of at least 4 members (excludes halogenated alkanes) is 52. The molecule has 0 amide bonds. The summed E-state index contributed by atoms with van der Waals surface area (Å²) in [6, 6.07) is 0. The number of hydrogen-bond donors (Lipinski definition) is 2. The molecule has 10 heteroatoms. The Morgan fingerprint density at radius 3 is 0.476 bits per heavy atom. The van der Waals surface area contributed by atoms with Crippen molar-refractivity contribution in [3.05, 3.63) is 29.1 Å². The molecule has 0 spiro atoms. The maximum Gasteiger partial charge on any atom is 0.200 e. The Hall–Kier alpha value is -1.23. The molecule has 0 aliphatic heterocycles. The minimum Gasteiger partial charge on any atom is -0.889 e. The minimum atomic E-state index is -3.26. The number of benzene rings is 1. The average Bonchev–Trinajstić information content (AvgIpc) is 3.57. The maximum absolute atomic E-state index is 12.5. The Kier molecular flexibility index (Phi) is 68.0. The van der Waals surface area contributed by atoms with E-state index in [0.29, 0.717) is 0 Å². The van der Waals surface area contributed by atoms with Crippen molar-refractivity contribution in [3.8, 4) is 0 Å². The van der Waals surface area contributed by atoms with Gasteiger partial charge in [0, 0.05) is 0 Å². The predicted octanol–water partition coefficient (Wildman–Crippen LogP) is 19.7. The van der Waals surface area contributed by atoms with E-state index in [4.69, 9.17) is 0 Å². The van der Waals surface area contributed by atoms with E-state index in [0.717, 1.165) is 0 Å². The van der Waals surface area contributed by atoms with Crippen LogP contribution in [0.15, 0.2) is 0 Å². The molecular formula is C72H140BF5N2O2. The Labute approximate surface area is 508 Å². The maximum atomic E-state index is 12.5. The molecule has 1 aromatic carbocycles. The van der Waals surface area contributed by atoms with Crippen molar-refractivity contribution in [1.82, 2.24) is 0 Å². The first-order valence-electron chi connectivity index (χ1n) is 36.4. The van der Waals surface area contributed by atoms with Crippen LogP contribution in [0.1, 0.15) is 387 Å². The molecule has 82 heavy (non-hydrogen) atoms. The van der Waals surface area contributed by atoms with Crippen molar-refractivity contribution >= 4 is 12.6 Å². The topological polar surface area (TPSA) is 55.0 Å². The van der Waals surface area contributed by atoms with Gasteiger partial charge in [-0.2, -0.15) is 0 Å². The van der Waals surface area contributed by atoms with E-state index in [2.05, 4.69) is 41.8 Å². The summed E-state index contributed by atoms with van der Waals surface area (Å²) >= 11 is 0. The summed E-state index contributed by atoms with van der Waals surface area (Å²) in [6.45, 7) is 14.8. The van der Waals surface area contributed by atoms with Gasteiger partial charge in [-0.3, -0.25) is 0 Å². The van der Waals surface area contributed by atoms with Crippen LogP contribution in [0.5, 0.6) is 0 Å². The zero-order chi connectivity index (χ0) is 60.6. The average molecular weight is 1170 g/mol. The van der Waals surface area contributed by atoms with Crippen molar-refractivity contribution in [2.24, 2.45) is 0 Å². The summed E-state index contributed by atoms with van der Waals surface area (Å²) in [5, 5.41) is 20.2. The molecule has 4 nitrogen and oxygen atoms in total. The van der Waals surface area contributed by atoms with Gasteiger partial charge >= 0.3 is 0 Å². The molecule has 1 aromatic rings. The van der Waals surface area contributed by atoms with Gasteiger partial charge in [0.15, 0.2) is 29.1 Å². The number of quaternary nitrogens is 2. The molecule has 0 fully saturated rings. The van der Waals surface area contributed by atoms with Crippen molar-refractivity contribution in [2.75, 3.05) is 40.3 Å². The molecular weight excluding hydrogens is 1030 g/mol. The van der Waals surface area contributed by atoms with Crippen LogP contribution >= 0.6 is 0 Å². The van der Waals surface area contributed by atoms with Crippen molar-refractivity contribution < 1.29 is 41.8 Å². The summed E-state index contributed by atoms with van der Waals surface area (Å²) in [5.74, 6) is -11.7. The number of nitrogens with one attached hydrogen (secondary N) is 2. The zero-order valence-corrected chi connectivity index (χ0v) is 55.7. The van der Waals surface area contributed by atoms with Crippen LogP contribution in [0, 0.1) is 29.1 Å². The molecule has 0 atom stereocenters. The van der Waals surface area contributed by atoms with Crippen LogP contribution in [-0.4, -0.2) is 47.4 Å². The third kappa shape index (κ3) is 57.8. The minimum absolute atomic E-state index is 1.37. The van der Waals surface area contributed by atoms with E-state index in [1.54, 1.807) is 9.80 Å². The standard InChI is InChI=1S/2C33H69N.C6BF5O2/c2*1-4-6-8-10-12-14-16-18-20-22-24-26-28-30-32-34(3)33-31-29-27-25-23-21-19-17-15-13-11-9-7-5-2;8-2-1(7(13)14)3(9)5(11)6(12)4(2)10/h2*4-33H2,1-3H3;/q;;-2/p+2. The van der Waals surface area contributed by atoms with E-state index >= 15 is 0 Å². The fraction of sp³-hybridized carbons (Fsp3) is 0.917. The quantitative estimate of drug-likeness (QED) is 0.0225. The Morgan fingerprint density at radius 2 is 0.341 bits per heavy atom. The molecule has 488 valence electrons. The van der Waals surface area contributed by atoms with Gasteiger partial charge in [0.05, 0.1) is 40.3 Å². The van der Waals surface area contributed by atoms with Crippen LogP contribution in [-0.2, 0) is 0 Å². The second-order valence-electron chi connectivity index (χ2n) is 25.6. The third-order valence-corrected chi connectivity index (χ3v) is 17.3. The van der Waals surface area contributed by atoms with Crippen LogP contribution in [0.3, 0.4) is 0 Å². The van der Waals surface area contributed by atoms with Gasteiger partial charge in [0.2, 0.25) is 0 Å². The van der Waals surface area contributed by atoms with Crippen LogP contribution in [0.4, 0.5) is 22.0 Å². The van der Waals surface area contributed by atoms with E-state index < -0.39 is 41.7 Å². The van der Waals surface area contributed by atoms with E-state index in [-0.39, 0.29) is 0 Å². The molecule has 0 aliphatic rings. The first-order chi connectivity index (χ1) is 40.0. The molecule has 0 bridgehead atoms. The number of halogens is 5. The lowest BCUT2D eigenvalue weighted by molar-refractivity contribution is -0.880. The molecule has 0 aliphatic carbocycles. The van der Waals surface area contributed by atoms with Gasteiger partial charge in [0.25, 0.3) is 0 Å². The molecule has 0 radical (unpaired) electrons. The van der Waals surface area contributed by atoms with Crippen LogP contribution in [0.2, 0.25) is 0 Å². The van der Waals surface area contributed by atoms with Gasteiger partial charge in [-0.25, -0.2) is 22.0 Å². The lowest BCUT2D eigenvalue weighted by Gasteiger charge is -2.27. The summed E-state index contributed by atoms with van der Waals surface area (Å²) < 4.78 is 62.0. The van der Waals surface area contributed by atoms with Gasteiger partial charge in [-0.15, -0.1) is 0 Å². The fourth-order valence-electron chi connectivity index (χ4n) is 11.6. The highest BCUT2D eigenvalue weighted by Gasteiger charge is 2.23. The van der Waals surface area contributed by atoms with E-state index in [1.807, 2.05) is 0 Å².